The minimum Gasteiger partial charge on any atom is -0.391 e. The Morgan fingerprint density at radius 1 is 1.35 bits per heavy atom. The predicted octanol–water partition coefficient (Wildman–Crippen LogP) is 3.24. The summed E-state index contributed by atoms with van der Waals surface area (Å²) in [5.41, 5.74) is -0.285. The minimum atomic E-state index is -4.41. The fourth-order valence-corrected chi connectivity index (χ4v) is 4.48. The van der Waals surface area contributed by atoms with Crippen molar-refractivity contribution in [2.75, 3.05) is 12.3 Å². The number of carbonyl (C=O) groups is 1. The number of likely N-dealkylation sites (tertiary alicyclic amines) is 1. The van der Waals surface area contributed by atoms with Crippen LogP contribution in [0, 0.1) is 0 Å². The highest BCUT2D eigenvalue weighted by atomic mass is 32.2. The van der Waals surface area contributed by atoms with Crippen molar-refractivity contribution in [2.24, 2.45) is 0 Å². The zero-order valence-electron chi connectivity index (χ0n) is 12.4. The Labute approximate surface area is 136 Å². The van der Waals surface area contributed by atoms with Crippen LogP contribution in [0.15, 0.2) is 24.3 Å². The van der Waals surface area contributed by atoms with Crippen molar-refractivity contribution in [3.05, 3.63) is 35.4 Å². The molecule has 2 aliphatic rings. The van der Waals surface area contributed by atoms with Crippen LogP contribution >= 0.6 is 11.8 Å². The summed E-state index contributed by atoms with van der Waals surface area (Å²) in [6, 6.07) is 4.58. The molecule has 126 valence electrons. The Balaban J connectivity index is 1.86. The van der Waals surface area contributed by atoms with Gasteiger partial charge in [-0.3, -0.25) is 4.79 Å². The molecule has 1 aromatic carbocycles. The molecule has 1 N–H and O–H groups in total. The zero-order chi connectivity index (χ0) is 16.6. The van der Waals surface area contributed by atoms with Crippen LogP contribution in [0.25, 0.3) is 0 Å². The lowest BCUT2D eigenvalue weighted by atomic mass is 10.0. The number of aliphatic hydroxyl groups excluding tert-OH is 1. The highest BCUT2D eigenvalue weighted by molar-refractivity contribution is 8.00. The molecule has 1 aromatic rings. The van der Waals surface area contributed by atoms with Crippen LogP contribution in [-0.4, -0.2) is 39.6 Å². The SMILES string of the molecule is O=C(C1CCCS1)N1CC(O)CC1c1cccc(C(F)(F)F)c1. The third-order valence-corrected chi connectivity index (χ3v) is 5.73. The van der Waals surface area contributed by atoms with Gasteiger partial charge in [-0.25, -0.2) is 0 Å². The van der Waals surface area contributed by atoms with Crippen LogP contribution in [0.4, 0.5) is 13.2 Å². The first-order chi connectivity index (χ1) is 10.9. The van der Waals surface area contributed by atoms with Crippen molar-refractivity contribution in [1.82, 2.24) is 4.90 Å². The Bertz CT molecular complexity index is 587. The van der Waals surface area contributed by atoms with Gasteiger partial charge in [-0.1, -0.05) is 12.1 Å². The van der Waals surface area contributed by atoms with Gasteiger partial charge in [0.25, 0.3) is 0 Å². The quantitative estimate of drug-likeness (QED) is 0.895. The Morgan fingerprint density at radius 3 is 2.78 bits per heavy atom. The number of rotatable bonds is 2. The number of nitrogens with zero attached hydrogens (tertiary/aromatic N) is 1. The van der Waals surface area contributed by atoms with Crippen LogP contribution < -0.4 is 0 Å². The van der Waals surface area contributed by atoms with Crippen LogP contribution in [0.3, 0.4) is 0 Å². The van der Waals surface area contributed by atoms with E-state index in [-0.39, 0.29) is 24.1 Å². The maximum Gasteiger partial charge on any atom is 0.416 e. The molecule has 3 nitrogen and oxygen atoms in total. The van der Waals surface area contributed by atoms with Gasteiger partial charge in [-0.15, -0.1) is 11.8 Å². The maximum atomic E-state index is 12.9. The minimum absolute atomic E-state index is 0.0635. The fourth-order valence-electron chi connectivity index (χ4n) is 3.25. The van der Waals surface area contributed by atoms with Crippen LogP contribution in [-0.2, 0) is 11.0 Å². The summed E-state index contributed by atoms with van der Waals surface area (Å²) < 4.78 is 38.7. The smallest absolute Gasteiger partial charge is 0.391 e. The molecule has 3 rings (SSSR count). The van der Waals surface area contributed by atoms with Gasteiger partial charge in [-0.05, 0) is 42.7 Å². The number of thioether (sulfide) groups is 1. The van der Waals surface area contributed by atoms with Crippen LogP contribution in [0.5, 0.6) is 0 Å². The molecule has 1 amide bonds. The molecule has 0 spiro atoms. The van der Waals surface area contributed by atoms with Crippen LogP contribution in [0.2, 0.25) is 0 Å². The van der Waals surface area contributed by atoms with Crippen LogP contribution in [0.1, 0.15) is 36.4 Å². The van der Waals surface area contributed by atoms with E-state index in [9.17, 15) is 23.1 Å². The number of aliphatic hydroxyl groups is 1. The molecule has 2 saturated heterocycles. The van der Waals surface area contributed by atoms with Gasteiger partial charge in [0.05, 0.1) is 23.0 Å². The van der Waals surface area contributed by atoms with Gasteiger partial charge in [0, 0.05) is 6.54 Å². The molecule has 3 unspecified atom stereocenters. The lowest BCUT2D eigenvalue weighted by molar-refractivity contribution is -0.137. The first kappa shape index (κ1) is 16.6. The lowest BCUT2D eigenvalue weighted by Crippen LogP contribution is -2.37. The highest BCUT2D eigenvalue weighted by Crippen LogP contribution is 2.38. The van der Waals surface area contributed by atoms with Gasteiger partial charge in [-0.2, -0.15) is 13.2 Å². The molecule has 7 heteroatoms. The van der Waals surface area contributed by atoms with Gasteiger partial charge in [0.1, 0.15) is 0 Å². The fraction of sp³-hybridized carbons (Fsp3) is 0.562. The molecule has 23 heavy (non-hydrogen) atoms. The first-order valence-electron chi connectivity index (χ1n) is 7.63. The van der Waals surface area contributed by atoms with Crippen molar-refractivity contribution < 1.29 is 23.1 Å². The first-order valence-corrected chi connectivity index (χ1v) is 8.68. The Hall–Kier alpha value is -1.21. The summed E-state index contributed by atoms with van der Waals surface area (Å²) in [6.07, 6.45) is -3.05. The molecular formula is C16H18F3NO2S. The predicted molar refractivity (Wildman–Crippen MR) is 82.0 cm³/mol. The van der Waals surface area contributed by atoms with E-state index >= 15 is 0 Å². The summed E-state index contributed by atoms with van der Waals surface area (Å²) in [5.74, 6) is 0.868. The second-order valence-electron chi connectivity index (χ2n) is 6.02. The van der Waals surface area contributed by atoms with Crippen molar-refractivity contribution in [3.63, 3.8) is 0 Å². The second kappa shape index (κ2) is 6.36. The Morgan fingerprint density at radius 2 is 2.13 bits per heavy atom. The molecule has 2 aliphatic heterocycles. The number of hydrogen-bond donors (Lipinski definition) is 1. The zero-order valence-corrected chi connectivity index (χ0v) is 13.2. The Kier molecular flexibility index (Phi) is 4.60. The number of amides is 1. The number of carbonyl (C=O) groups excluding carboxylic acids is 1. The number of halogens is 3. The molecule has 0 saturated carbocycles. The van der Waals surface area contributed by atoms with Gasteiger partial charge < -0.3 is 10.0 Å². The lowest BCUT2D eigenvalue weighted by Gasteiger charge is -2.27. The summed E-state index contributed by atoms with van der Waals surface area (Å²) >= 11 is 1.59. The third-order valence-electron chi connectivity index (χ3n) is 4.37. The number of benzene rings is 1. The van der Waals surface area contributed by atoms with Crippen molar-refractivity contribution in [3.8, 4) is 0 Å². The second-order valence-corrected chi connectivity index (χ2v) is 7.33. The summed E-state index contributed by atoms with van der Waals surface area (Å²) in [5, 5.41) is 9.80. The van der Waals surface area contributed by atoms with Crippen molar-refractivity contribution >= 4 is 17.7 Å². The van der Waals surface area contributed by atoms with E-state index in [1.54, 1.807) is 22.7 Å². The molecule has 0 aliphatic carbocycles. The molecule has 2 heterocycles. The average molecular weight is 345 g/mol. The van der Waals surface area contributed by atoms with Crippen molar-refractivity contribution in [1.29, 1.82) is 0 Å². The van der Waals surface area contributed by atoms with E-state index in [0.29, 0.717) is 5.56 Å². The molecule has 3 atom stereocenters. The van der Waals surface area contributed by atoms with E-state index in [2.05, 4.69) is 0 Å². The van der Waals surface area contributed by atoms with E-state index in [1.165, 1.54) is 6.07 Å². The summed E-state index contributed by atoms with van der Waals surface area (Å²) in [4.78, 5) is 14.2. The van der Waals surface area contributed by atoms with Gasteiger partial charge >= 0.3 is 6.18 Å². The number of β-amino-alcohol motifs (C(OH)–C–C–N with tert-alkyl or cyclic N) is 1. The summed E-state index contributed by atoms with van der Waals surface area (Å²) in [7, 11) is 0. The number of alkyl halides is 3. The largest absolute Gasteiger partial charge is 0.416 e. The normalized spacial score (nSPS) is 28.3. The highest BCUT2D eigenvalue weighted by Gasteiger charge is 2.40. The van der Waals surface area contributed by atoms with Gasteiger partial charge in [0.2, 0.25) is 5.91 Å². The maximum absolute atomic E-state index is 12.9. The molecular weight excluding hydrogens is 327 g/mol. The number of hydrogen-bond acceptors (Lipinski definition) is 3. The van der Waals surface area contributed by atoms with E-state index in [0.717, 1.165) is 30.7 Å². The molecule has 0 aromatic heterocycles. The average Bonchev–Trinajstić information content (AvgIpc) is 3.15. The monoisotopic (exact) mass is 345 g/mol. The topological polar surface area (TPSA) is 40.5 Å². The van der Waals surface area contributed by atoms with E-state index in [4.69, 9.17) is 0 Å². The van der Waals surface area contributed by atoms with Crippen molar-refractivity contribution in [2.45, 2.75) is 42.8 Å². The van der Waals surface area contributed by atoms with Gasteiger partial charge in [0.15, 0.2) is 0 Å². The van der Waals surface area contributed by atoms with E-state index < -0.39 is 23.9 Å². The third kappa shape index (κ3) is 3.50. The standard InChI is InChI=1S/C16H18F3NO2S/c17-16(18,19)11-4-1-3-10(7-11)13-8-12(21)9-20(13)15(22)14-5-2-6-23-14/h1,3-4,7,12-14,21H,2,5-6,8-9H2. The summed E-state index contributed by atoms with van der Waals surface area (Å²) in [6.45, 7) is 0.191. The molecule has 0 bridgehead atoms. The van der Waals surface area contributed by atoms with E-state index in [1.807, 2.05) is 0 Å². The molecule has 0 radical (unpaired) electrons. The molecule has 2 fully saturated rings.